The number of ether oxygens (including phenoxy) is 1. The van der Waals surface area contributed by atoms with E-state index >= 15 is 0 Å². The van der Waals surface area contributed by atoms with Gasteiger partial charge in [-0.05, 0) is 57.3 Å². The minimum absolute atomic E-state index is 0.539. The van der Waals surface area contributed by atoms with Crippen LogP contribution in [0.3, 0.4) is 0 Å². The molecule has 218 valence electrons. The van der Waals surface area contributed by atoms with E-state index in [9.17, 15) is 0 Å². The number of rotatable bonds is 1. The Morgan fingerprint density at radius 2 is 0.872 bits per heavy atom. The summed E-state index contributed by atoms with van der Waals surface area (Å²) in [6.07, 6.45) is 0. The summed E-state index contributed by atoms with van der Waals surface area (Å²) >= 11 is 0. The van der Waals surface area contributed by atoms with Gasteiger partial charge in [-0.1, -0.05) is 140 Å². The molecule has 2 nitrogen and oxygen atoms in total. The first-order valence-corrected chi connectivity index (χ1v) is 16.3. The minimum Gasteiger partial charge on any atom is -0.455 e. The number of fused-ring (bicyclic) bond motifs is 16. The van der Waals surface area contributed by atoms with Crippen molar-refractivity contribution in [2.45, 2.75) is 5.41 Å². The van der Waals surface area contributed by atoms with E-state index < -0.39 is 5.41 Å². The Balaban J connectivity index is 1.28. The van der Waals surface area contributed by atoms with Crippen molar-refractivity contribution in [2.75, 3.05) is 0 Å². The quantitative estimate of drug-likeness (QED) is 0.184. The molecule has 1 aliphatic carbocycles. The van der Waals surface area contributed by atoms with E-state index in [0.717, 1.165) is 28.0 Å². The first-order valence-electron chi connectivity index (χ1n) is 16.3. The van der Waals surface area contributed by atoms with Crippen molar-refractivity contribution in [2.24, 2.45) is 0 Å². The second-order valence-corrected chi connectivity index (χ2v) is 12.8. The van der Waals surface area contributed by atoms with Crippen LogP contribution in [0.2, 0.25) is 0 Å². The van der Waals surface area contributed by atoms with E-state index in [2.05, 4.69) is 168 Å². The van der Waals surface area contributed by atoms with Crippen LogP contribution in [0.25, 0.3) is 60.2 Å². The highest BCUT2D eigenvalue weighted by Crippen LogP contribution is 2.64. The van der Waals surface area contributed by atoms with Crippen molar-refractivity contribution in [1.82, 2.24) is 4.57 Å². The van der Waals surface area contributed by atoms with Crippen LogP contribution < -0.4 is 4.74 Å². The Morgan fingerprint density at radius 3 is 1.51 bits per heavy atom. The molecule has 2 heteroatoms. The Bertz CT molecular complexity index is 2650. The molecule has 2 heterocycles. The highest BCUT2D eigenvalue weighted by atomic mass is 16.5. The summed E-state index contributed by atoms with van der Waals surface area (Å²) in [5.41, 5.74) is 10.6. The van der Waals surface area contributed by atoms with Crippen LogP contribution >= 0.6 is 0 Å². The average Bonchev–Trinajstić information content (AvgIpc) is 3.62. The second kappa shape index (κ2) is 8.99. The molecule has 0 radical (unpaired) electrons. The third-order valence-corrected chi connectivity index (χ3v) is 10.6. The van der Waals surface area contributed by atoms with E-state index in [-0.39, 0.29) is 0 Å². The summed E-state index contributed by atoms with van der Waals surface area (Å²) in [7, 11) is 0. The maximum absolute atomic E-state index is 7.10. The summed E-state index contributed by atoms with van der Waals surface area (Å²) in [5.74, 6) is 1.89. The van der Waals surface area contributed by atoms with E-state index in [1.54, 1.807) is 0 Å². The molecule has 1 aliphatic heterocycles. The van der Waals surface area contributed by atoms with Crippen LogP contribution in [0, 0.1) is 0 Å². The Hall–Kier alpha value is -6.12. The molecule has 0 unspecified atom stereocenters. The van der Waals surface area contributed by atoms with Gasteiger partial charge in [0, 0.05) is 38.4 Å². The number of nitrogens with zero attached hydrogens (tertiary/aromatic N) is 1. The third kappa shape index (κ3) is 3.10. The van der Waals surface area contributed by atoms with Crippen molar-refractivity contribution in [1.29, 1.82) is 0 Å². The summed E-state index contributed by atoms with van der Waals surface area (Å²) in [5, 5.41) is 7.17. The normalized spacial score (nSPS) is 13.9. The predicted molar refractivity (Wildman–Crippen MR) is 193 cm³/mol. The summed E-state index contributed by atoms with van der Waals surface area (Å²) < 4.78 is 9.52. The zero-order valence-electron chi connectivity index (χ0n) is 25.4. The third-order valence-electron chi connectivity index (χ3n) is 10.6. The van der Waals surface area contributed by atoms with E-state index in [1.165, 1.54) is 66.0 Å². The molecule has 2 aliphatic rings. The lowest BCUT2D eigenvalue weighted by Crippen LogP contribution is -2.32. The largest absolute Gasteiger partial charge is 0.455 e. The lowest BCUT2D eigenvalue weighted by Gasteiger charge is -2.40. The molecule has 0 N–H and O–H groups in total. The molecule has 47 heavy (non-hydrogen) atoms. The van der Waals surface area contributed by atoms with Crippen LogP contribution in [0.1, 0.15) is 22.3 Å². The van der Waals surface area contributed by atoms with Gasteiger partial charge in [-0.15, -0.1) is 0 Å². The molecular weight excluding hydrogens is 571 g/mol. The molecule has 1 aromatic heterocycles. The lowest BCUT2D eigenvalue weighted by atomic mass is 9.65. The maximum atomic E-state index is 7.10. The molecule has 0 saturated carbocycles. The van der Waals surface area contributed by atoms with Gasteiger partial charge in [0.05, 0.1) is 16.4 Å². The highest BCUT2D eigenvalue weighted by molar-refractivity contribution is 6.09. The number of hydrogen-bond acceptors (Lipinski definition) is 1. The highest BCUT2D eigenvalue weighted by Gasteiger charge is 2.51. The predicted octanol–water partition coefficient (Wildman–Crippen LogP) is 11.6. The zero-order chi connectivity index (χ0) is 30.7. The van der Waals surface area contributed by atoms with Gasteiger partial charge >= 0.3 is 0 Å². The van der Waals surface area contributed by atoms with Crippen LogP contribution in [0.5, 0.6) is 11.5 Å². The number of para-hydroxylation sites is 2. The fourth-order valence-corrected chi connectivity index (χ4v) is 8.74. The lowest BCUT2D eigenvalue weighted by molar-refractivity contribution is 0.447. The van der Waals surface area contributed by atoms with Crippen molar-refractivity contribution in [3.63, 3.8) is 0 Å². The average molecular weight is 598 g/mol. The maximum Gasteiger partial charge on any atom is 0.140 e. The molecule has 9 aromatic rings. The van der Waals surface area contributed by atoms with Crippen molar-refractivity contribution >= 4 is 43.4 Å². The van der Waals surface area contributed by atoms with Crippen molar-refractivity contribution in [3.8, 4) is 28.3 Å². The topological polar surface area (TPSA) is 14.2 Å². The Labute approximate surface area is 271 Å². The van der Waals surface area contributed by atoms with Gasteiger partial charge in [-0.25, -0.2) is 0 Å². The van der Waals surface area contributed by atoms with E-state index in [4.69, 9.17) is 4.74 Å². The summed E-state index contributed by atoms with van der Waals surface area (Å²) in [6.45, 7) is 0. The summed E-state index contributed by atoms with van der Waals surface area (Å²) in [6, 6.07) is 59.9. The molecule has 8 aromatic carbocycles. The van der Waals surface area contributed by atoms with Gasteiger partial charge < -0.3 is 9.30 Å². The smallest absolute Gasteiger partial charge is 0.140 e. The van der Waals surface area contributed by atoms with Crippen molar-refractivity contribution < 1.29 is 4.74 Å². The molecule has 11 rings (SSSR count). The molecule has 0 saturated heterocycles. The zero-order valence-corrected chi connectivity index (χ0v) is 25.4. The first-order chi connectivity index (χ1) is 23.3. The fourth-order valence-electron chi connectivity index (χ4n) is 8.74. The van der Waals surface area contributed by atoms with Gasteiger partial charge in [-0.2, -0.15) is 0 Å². The fraction of sp³-hybridized carbons (Fsp3) is 0.0222. The van der Waals surface area contributed by atoms with E-state index in [0.29, 0.717) is 0 Å². The second-order valence-electron chi connectivity index (χ2n) is 12.8. The van der Waals surface area contributed by atoms with Crippen LogP contribution in [0.4, 0.5) is 0 Å². The van der Waals surface area contributed by atoms with Gasteiger partial charge in [0.25, 0.3) is 0 Å². The molecule has 0 fully saturated rings. The summed E-state index contributed by atoms with van der Waals surface area (Å²) in [4.78, 5) is 0. The first kappa shape index (κ1) is 25.1. The van der Waals surface area contributed by atoms with Crippen LogP contribution in [0.15, 0.2) is 164 Å². The Kier molecular flexibility index (Phi) is 4.80. The van der Waals surface area contributed by atoms with E-state index in [1.807, 2.05) is 0 Å². The molecule has 1 spiro atoms. The van der Waals surface area contributed by atoms with Crippen LogP contribution in [-0.4, -0.2) is 4.57 Å². The molecule has 0 bridgehead atoms. The number of hydrogen-bond donors (Lipinski definition) is 0. The van der Waals surface area contributed by atoms with Crippen molar-refractivity contribution in [3.05, 3.63) is 186 Å². The van der Waals surface area contributed by atoms with Crippen LogP contribution in [-0.2, 0) is 5.41 Å². The number of aromatic nitrogens is 1. The van der Waals surface area contributed by atoms with Gasteiger partial charge in [0.15, 0.2) is 0 Å². The van der Waals surface area contributed by atoms with Gasteiger partial charge in [0.2, 0.25) is 0 Å². The molecular formula is C45H27NO. The molecule has 0 atom stereocenters. The number of benzene rings is 8. The molecule has 0 amide bonds. The van der Waals surface area contributed by atoms with Gasteiger partial charge in [0.1, 0.15) is 11.5 Å². The SMILES string of the molecule is c1ccc2c(c1)-c1cc(-n3c4ccccc4c4ccccc43)ccc1C21c2ccc3ccccc3c2Oc2c1ccc1ccccc21. The Morgan fingerprint density at radius 1 is 0.383 bits per heavy atom. The monoisotopic (exact) mass is 597 g/mol. The minimum atomic E-state index is -0.539. The van der Waals surface area contributed by atoms with Gasteiger partial charge in [-0.3, -0.25) is 0 Å². The standard InChI is InChI=1S/C45H27NO/c1-3-13-31-28(11-1)21-24-39-43(31)47-44-32-14-4-2-12-29(32)22-25-40(44)45(39)37-18-8-5-15-33(37)36-27-30(23-26-38(36)45)46-41-19-9-6-16-34(41)35-17-7-10-20-42(35)46/h1-27H.